The lowest BCUT2D eigenvalue weighted by atomic mass is 9.78. The number of Topliss-reactive ketones (excluding diaryl/α,β-unsaturated/α-hetero) is 1. The molecule has 1 atom stereocenters. The quantitative estimate of drug-likeness (QED) is 0.848. The van der Waals surface area contributed by atoms with E-state index >= 15 is 0 Å². The van der Waals surface area contributed by atoms with Gasteiger partial charge in [-0.3, -0.25) is 4.79 Å². The number of carbonyl (C=O) groups is 1. The first kappa shape index (κ1) is 16.4. The third-order valence-electron chi connectivity index (χ3n) is 3.23. The summed E-state index contributed by atoms with van der Waals surface area (Å²) in [4.78, 5) is 12.0. The van der Waals surface area contributed by atoms with Crippen LogP contribution in [0.2, 0.25) is 0 Å². The number of hydrogen-bond donors (Lipinski definition) is 0. The van der Waals surface area contributed by atoms with Crippen molar-refractivity contribution < 1.29 is 4.79 Å². The van der Waals surface area contributed by atoms with E-state index in [1.54, 1.807) is 0 Å². The number of nitrogens with zero attached hydrogens (tertiary/aromatic N) is 3. The molecule has 0 N–H and O–H groups in total. The molecule has 0 heterocycles. The summed E-state index contributed by atoms with van der Waals surface area (Å²) < 4.78 is 0. The van der Waals surface area contributed by atoms with Gasteiger partial charge in [-0.25, -0.2) is 0 Å². The largest absolute Gasteiger partial charge is 0.299 e. The predicted molar refractivity (Wildman–Crippen MR) is 78.1 cm³/mol. The van der Waals surface area contributed by atoms with Gasteiger partial charge < -0.3 is 0 Å². The number of rotatable bonds is 3. The maximum Gasteiger partial charge on any atom is 0.137 e. The Hall–Kier alpha value is -2.64. The molecular weight excluding hydrogens is 262 g/mol. The third kappa shape index (κ3) is 3.91. The van der Waals surface area contributed by atoms with Gasteiger partial charge in [-0.15, -0.1) is 0 Å². The normalized spacial score (nSPS) is 11.9. The van der Waals surface area contributed by atoms with Crippen molar-refractivity contribution in [3.63, 3.8) is 0 Å². The maximum atomic E-state index is 12.0. The van der Waals surface area contributed by atoms with Crippen LogP contribution in [0.3, 0.4) is 0 Å². The fraction of sp³-hybridized carbons (Fsp3) is 0.412. The zero-order chi connectivity index (χ0) is 16.2. The van der Waals surface area contributed by atoms with E-state index in [1.165, 1.54) is 19.1 Å². The highest BCUT2D eigenvalue weighted by atomic mass is 16.1. The van der Waals surface area contributed by atoms with Gasteiger partial charge >= 0.3 is 0 Å². The van der Waals surface area contributed by atoms with E-state index in [-0.39, 0.29) is 27.9 Å². The van der Waals surface area contributed by atoms with E-state index in [1.807, 2.05) is 39.0 Å². The zero-order valence-electron chi connectivity index (χ0n) is 12.7. The molecule has 1 aromatic rings. The standard InChI is InChI=1S/C17H17N3O/c1-11(21)16(7-17(2,3)4)15-6-13(9-19)12(8-18)5-14(15)10-20/h5-6,16H,7H2,1-4H3. The molecule has 4 nitrogen and oxygen atoms in total. The van der Waals surface area contributed by atoms with Crippen LogP contribution in [0, 0.1) is 39.4 Å². The highest BCUT2D eigenvalue weighted by Crippen LogP contribution is 2.34. The van der Waals surface area contributed by atoms with Crippen LogP contribution in [0.4, 0.5) is 0 Å². The minimum Gasteiger partial charge on any atom is -0.299 e. The van der Waals surface area contributed by atoms with Gasteiger partial charge in [0.05, 0.1) is 22.8 Å². The zero-order valence-corrected chi connectivity index (χ0v) is 12.7. The molecular formula is C17H17N3O. The lowest BCUT2D eigenvalue weighted by molar-refractivity contribution is -0.119. The van der Waals surface area contributed by atoms with E-state index in [9.17, 15) is 10.1 Å². The van der Waals surface area contributed by atoms with Gasteiger partial charge in [0, 0.05) is 5.92 Å². The molecule has 1 aromatic carbocycles. The van der Waals surface area contributed by atoms with E-state index in [0.717, 1.165) is 0 Å². The summed E-state index contributed by atoms with van der Waals surface area (Å²) in [6.45, 7) is 7.54. The Balaban J connectivity index is 3.53. The van der Waals surface area contributed by atoms with E-state index in [0.29, 0.717) is 12.0 Å². The van der Waals surface area contributed by atoms with Crippen molar-refractivity contribution in [3.05, 3.63) is 34.4 Å². The van der Waals surface area contributed by atoms with E-state index in [4.69, 9.17) is 10.5 Å². The van der Waals surface area contributed by atoms with Gasteiger partial charge in [0.2, 0.25) is 0 Å². The Labute approximate surface area is 125 Å². The minimum atomic E-state index is -0.445. The first-order valence-electron chi connectivity index (χ1n) is 6.62. The van der Waals surface area contributed by atoms with Crippen LogP contribution in [0.5, 0.6) is 0 Å². The number of nitriles is 3. The number of hydrogen-bond acceptors (Lipinski definition) is 4. The molecule has 0 aromatic heterocycles. The molecule has 0 saturated carbocycles. The summed E-state index contributed by atoms with van der Waals surface area (Å²) in [5, 5.41) is 27.4. The molecule has 1 rings (SSSR count). The average Bonchev–Trinajstić information content (AvgIpc) is 2.42. The Bertz CT molecular complexity index is 691. The van der Waals surface area contributed by atoms with Crippen LogP contribution in [-0.4, -0.2) is 5.78 Å². The summed E-state index contributed by atoms with van der Waals surface area (Å²) in [5.41, 5.74) is 1.09. The Kier molecular flexibility index (Phi) is 4.85. The maximum absolute atomic E-state index is 12.0. The molecule has 0 spiro atoms. The van der Waals surface area contributed by atoms with Gasteiger partial charge in [0.15, 0.2) is 0 Å². The van der Waals surface area contributed by atoms with Gasteiger partial charge in [0.1, 0.15) is 17.9 Å². The fourth-order valence-electron chi connectivity index (χ4n) is 2.27. The second kappa shape index (κ2) is 6.21. The van der Waals surface area contributed by atoms with Crippen molar-refractivity contribution in [2.45, 2.75) is 40.0 Å². The summed E-state index contributed by atoms with van der Waals surface area (Å²) in [6.07, 6.45) is 0.577. The number of ketones is 1. The first-order valence-corrected chi connectivity index (χ1v) is 6.62. The van der Waals surface area contributed by atoms with Crippen LogP contribution >= 0.6 is 0 Å². The molecule has 0 bridgehead atoms. The smallest absolute Gasteiger partial charge is 0.137 e. The lowest BCUT2D eigenvalue weighted by Crippen LogP contribution is -2.19. The SMILES string of the molecule is CC(=O)C(CC(C)(C)C)c1cc(C#N)c(C#N)cc1C#N. The van der Waals surface area contributed by atoms with Crippen molar-refractivity contribution in [3.8, 4) is 18.2 Å². The molecule has 0 fully saturated rings. The van der Waals surface area contributed by atoms with Gasteiger partial charge in [-0.1, -0.05) is 20.8 Å². The van der Waals surface area contributed by atoms with Crippen LogP contribution < -0.4 is 0 Å². The van der Waals surface area contributed by atoms with Crippen molar-refractivity contribution in [1.29, 1.82) is 15.8 Å². The first-order chi connectivity index (χ1) is 9.73. The third-order valence-corrected chi connectivity index (χ3v) is 3.23. The summed E-state index contributed by atoms with van der Waals surface area (Å²) in [5.74, 6) is -0.491. The lowest BCUT2D eigenvalue weighted by Gasteiger charge is -2.25. The molecule has 21 heavy (non-hydrogen) atoms. The van der Waals surface area contributed by atoms with Crippen LogP contribution in [-0.2, 0) is 4.79 Å². The van der Waals surface area contributed by atoms with Crippen LogP contribution in [0.25, 0.3) is 0 Å². The van der Waals surface area contributed by atoms with E-state index in [2.05, 4.69) is 0 Å². The number of carbonyl (C=O) groups excluding carboxylic acids is 1. The highest BCUT2D eigenvalue weighted by molar-refractivity contribution is 5.84. The fourth-order valence-corrected chi connectivity index (χ4v) is 2.27. The van der Waals surface area contributed by atoms with Crippen molar-refractivity contribution in [1.82, 2.24) is 0 Å². The molecule has 0 aliphatic rings. The van der Waals surface area contributed by atoms with E-state index < -0.39 is 5.92 Å². The monoisotopic (exact) mass is 279 g/mol. The molecule has 106 valence electrons. The Morgan fingerprint density at radius 2 is 1.52 bits per heavy atom. The Morgan fingerprint density at radius 3 is 1.90 bits per heavy atom. The molecule has 1 unspecified atom stereocenters. The second-order valence-electron chi connectivity index (χ2n) is 6.25. The minimum absolute atomic E-state index is 0.0463. The molecule has 0 amide bonds. The highest BCUT2D eigenvalue weighted by Gasteiger charge is 2.27. The van der Waals surface area contributed by atoms with Gasteiger partial charge in [0.25, 0.3) is 0 Å². The second-order valence-corrected chi connectivity index (χ2v) is 6.25. The number of benzene rings is 1. The van der Waals surface area contributed by atoms with Crippen LogP contribution in [0.1, 0.15) is 62.3 Å². The summed E-state index contributed by atoms with van der Waals surface area (Å²) in [7, 11) is 0. The van der Waals surface area contributed by atoms with Crippen molar-refractivity contribution in [2.75, 3.05) is 0 Å². The molecule has 4 heteroatoms. The van der Waals surface area contributed by atoms with Crippen LogP contribution in [0.15, 0.2) is 12.1 Å². The van der Waals surface area contributed by atoms with Gasteiger partial charge in [-0.2, -0.15) is 15.8 Å². The summed E-state index contributed by atoms with van der Waals surface area (Å²) in [6, 6.07) is 8.79. The molecule has 0 saturated heterocycles. The Morgan fingerprint density at radius 1 is 1.05 bits per heavy atom. The van der Waals surface area contributed by atoms with Crippen molar-refractivity contribution in [2.24, 2.45) is 5.41 Å². The topological polar surface area (TPSA) is 88.4 Å². The van der Waals surface area contributed by atoms with Crippen molar-refractivity contribution >= 4 is 5.78 Å². The molecule has 0 aliphatic heterocycles. The predicted octanol–water partition coefficient (Wildman–Crippen LogP) is 3.41. The summed E-state index contributed by atoms with van der Waals surface area (Å²) >= 11 is 0. The van der Waals surface area contributed by atoms with Gasteiger partial charge in [-0.05, 0) is 36.5 Å². The molecule has 0 radical (unpaired) electrons. The average molecular weight is 279 g/mol. The molecule has 0 aliphatic carbocycles.